The van der Waals surface area contributed by atoms with Gasteiger partial charge >= 0.3 is 0 Å². The molecule has 0 radical (unpaired) electrons. The van der Waals surface area contributed by atoms with Crippen LogP contribution in [0.5, 0.6) is 5.88 Å². The molecule has 228 valence electrons. The van der Waals surface area contributed by atoms with E-state index in [1.54, 1.807) is 0 Å². The first-order valence-corrected chi connectivity index (χ1v) is 15.7. The molecule has 0 aliphatic heterocycles. The number of nitro groups is 1. The Morgan fingerprint density at radius 3 is 2.62 bits per heavy atom. The number of aromatic amines is 1. The lowest BCUT2D eigenvalue weighted by molar-refractivity contribution is -0.384. The number of rotatable bonds is 6. The standard InChI is InChI=1S/C32H44N4O6/c1-17(4-9-27(39)34-35-29-21-16-19(36(41)42)5-8-25(21)33-30(29)40)22-6-7-23-28-24(11-13-32(22,23)3)31(2)12-10-20(37)14-18(31)15-26(28)38/h5,8,16-18,20,22-24,26,28,33,37-38,40H,4,6-7,9-15H2,1-3H3/t17-,18-,20-,22+,23-,24+,26-,28-,31-,32-/m1/s1. The van der Waals surface area contributed by atoms with E-state index in [-0.39, 0.29) is 52.6 Å². The Morgan fingerprint density at radius 2 is 1.86 bits per heavy atom. The van der Waals surface area contributed by atoms with E-state index in [0.29, 0.717) is 52.8 Å². The van der Waals surface area contributed by atoms with Crippen LogP contribution in [-0.2, 0) is 4.79 Å². The summed E-state index contributed by atoms with van der Waals surface area (Å²) in [5.41, 5.74) is 0.694. The highest BCUT2D eigenvalue weighted by Crippen LogP contribution is 2.68. The second kappa shape index (κ2) is 10.7. The third-order valence-corrected chi connectivity index (χ3v) is 12.4. The number of aliphatic hydroxyl groups excluding tert-OH is 2. The molecule has 4 saturated carbocycles. The fraction of sp³-hybridized carbons (Fsp3) is 0.719. The monoisotopic (exact) mass is 580 g/mol. The number of H-pyrrole nitrogens is 1. The van der Waals surface area contributed by atoms with Crippen LogP contribution in [0.4, 0.5) is 11.4 Å². The number of carbonyl (C=O) groups is 1. The number of aliphatic hydroxyl groups is 2. The summed E-state index contributed by atoms with van der Waals surface area (Å²) >= 11 is 0. The van der Waals surface area contributed by atoms with E-state index in [1.165, 1.54) is 18.2 Å². The number of nitrogens with zero attached hydrogens (tertiary/aromatic N) is 3. The number of nitrogens with one attached hydrogen (secondary N) is 1. The molecule has 0 spiro atoms. The van der Waals surface area contributed by atoms with Gasteiger partial charge in [0.05, 0.1) is 22.6 Å². The van der Waals surface area contributed by atoms with E-state index in [0.717, 1.165) is 51.4 Å². The number of hydrogen-bond acceptors (Lipinski definition) is 7. The number of nitro benzene ring substituents is 1. The first-order chi connectivity index (χ1) is 19.9. The summed E-state index contributed by atoms with van der Waals surface area (Å²) in [6.07, 6.45) is 8.44. The molecule has 4 N–H and O–H groups in total. The zero-order valence-electron chi connectivity index (χ0n) is 24.8. The highest BCUT2D eigenvalue weighted by Gasteiger charge is 2.62. The summed E-state index contributed by atoms with van der Waals surface area (Å²) in [5, 5.41) is 51.4. The highest BCUT2D eigenvalue weighted by molar-refractivity contribution is 5.95. The van der Waals surface area contributed by atoms with Crippen LogP contribution in [0.2, 0.25) is 0 Å². The second-order valence-corrected chi connectivity index (χ2v) is 14.4. The van der Waals surface area contributed by atoms with Crippen molar-refractivity contribution in [1.82, 2.24) is 4.98 Å². The van der Waals surface area contributed by atoms with Crippen LogP contribution in [0.3, 0.4) is 0 Å². The lowest BCUT2D eigenvalue weighted by Crippen LogP contribution is -2.58. The quantitative estimate of drug-likeness (QED) is 0.167. The molecule has 0 saturated heterocycles. The van der Waals surface area contributed by atoms with Gasteiger partial charge in [0.2, 0.25) is 5.88 Å². The molecule has 6 rings (SSSR count). The predicted octanol–water partition coefficient (Wildman–Crippen LogP) is 6.80. The van der Waals surface area contributed by atoms with Crippen LogP contribution in [-0.4, -0.2) is 43.3 Å². The average molecular weight is 581 g/mol. The summed E-state index contributed by atoms with van der Waals surface area (Å²) in [6, 6.07) is 4.13. The van der Waals surface area contributed by atoms with Gasteiger partial charge in [-0.25, -0.2) is 0 Å². The number of hydrogen-bond donors (Lipinski definition) is 4. The van der Waals surface area contributed by atoms with Crippen molar-refractivity contribution in [2.75, 3.05) is 0 Å². The van der Waals surface area contributed by atoms with Crippen molar-refractivity contribution in [3.05, 3.63) is 28.3 Å². The minimum atomic E-state index is -0.523. The van der Waals surface area contributed by atoms with Crippen LogP contribution < -0.4 is 0 Å². The first-order valence-electron chi connectivity index (χ1n) is 15.7. The van der Waals surface area contributed by atoms with E-state index in [2.05, 4.69) is 36.0 Å². The van der Waals surface area contributed by atoms with Gasteiger partial charge in [0.25, 0.3) is 11.6 Å². The van der Waals surface area contributed by atoms with Crippen LogP contribution >= 0.6 is 0 Å². The lowest BCUT2D eigenvalue weighted by Gasteiger charge is -2.62. The van der Waals surface area contributed by atoms with Gasteiger partial charge in [0.15, 0.2) is 5.69 Å². The van der Waals surface area contributed by atoms with Gasteiger partial charge in [0, 0.05) is 23.9 Å². The van der Waals surface area contributed by atoms with Gasteiger partial charge in [-0.1, -0.05) is 20.8 Å². The van der Waals surface area contributed by atoms with Crippen LogP contribution in [0.25, 0.3) is 10.9 Å². The van der Waals surface area contributed by atoms with Crippen molar-refractivity contribution in [2.45, 2.75) is 97.2 Å². The van der Waals surface area contributed by atoms with E-state index >= 15 is 0 Å². The van der Waals surface area contributed by atoms with Crippen molar-refractivity contribution in [2.24, 2.45) is 56.6 Å². The number of carbonyl (C=O) groups excluding carboxylic acids is 1. The Labute approximate surface area is 246 Å². The number of non-ortho nitro benzene ring substituents is 1. The number of aromatic hydroxyl groups is 1. The van der Waals surface area contributed by atoms with E-state index < -0.39 is 4.92 Å². The summed E-state index contributed by atoms with van der Waals surface area (Å²) in [5.74, 6) is 1.82. The third-order valence-electron chi connectivity index (χ3n) is 12.4. The maximum absolute atomic E-state index is 12.8. The molecule has 1 aromatic carbocycles. The van der Waals surface area contributed by atoms with Crippen LogP contribution in [0.15, 0.2) is 28.4 Å². The molecule has 10 nitrogen and oxygen atoms in total. The molecule has 4 aliphatic rings. The maximum Gasteiger partial charge on any atom is 0.270 e. The number of fused-ring (bicyclic) bond motifs is 6. The van der Waals surface area contributed by atoms with Gasteiger partial charge < -0.3 is 20.3 Å². The maximum atomic E-state index is 12.8. The van der Waals surface area contributed by atoms with Crippen molar-refractivity contribution in [3.8, 4) is 5.88 Å². The minimum Gasteiger partial charge on any atom is -0.493 e. The molecule has 1 aromatic heterocycles. The molecule has 10 heteroatoms. The zero-order valence-corrected chi connectivity index (χ0v) is 24.8. The lowest BCUT2D eigenvalue weighted by atomic mass is 9.43. The van der Waals surface area contributed by atoms with Gasteiger partial charge in [-0.3, -0.25) is 14.9 Å². The SMILES string of the molecule is C[C@H](CCC(=O)N=Nc1c(O)[nH]c2ccc([N+](=O)[O-])cc12)[C@@H]1CC[C@@H]2[C@H]3[C@H](O)C[C@H]4C[C@H](O)CC[C@@]4(C)[C@H]3CC[C@@]21C. The molecule has 42 heavy (non-hydrogen) atoms. The molecule has 10 atom stereocenters. The molecular weight excluding hydrogens is 536 g/mol. The fourth-order valence-electron chi connectivity index (χ4n) is 10.2. The van der Waals surface area contributed by atoms with Crippen molar-refractivity contribution >= 4 is 28.2 Å². The molecular formula is C32H44N4O6. The van der Waals surface area contributed by atoms with Crippen LogP contribution in [0, 0.1) is 56.5 Å². The molecule has 0 bridgehead atoms. The molecule has 1 amide bonds. The molecule has 1 heterocycles. The number of azo groups is 1. The number of aromatic nitrogens is 1. The predicted molar refractivity (Wildman–Crippen MR) is 157 cm³/mol. The van der Waals surface area contributed by atoms with Gasteiger partial charge in [-0.2, -0.15) is 0 Å². The van der Waals surface area contributed by atoms with Crippen molar-refractivity contribution < 1.29 is 25.0 Å². The van der Waals surface area contributed by atoms with Gasteiger partial charge in [-0.05, 0) is 110 Å². The van der Waals surface area contributed by atoms with Gasteiger partial charge in [-0.15, -0.1) is 10.2 Å². The smallest absolute Gasteiger partial charge is 0.270 e. The fourth-order valence-corrected chi connectivity index (χ4v) is 10.2. The normalized spacial score (nSPS) is 38.6. The largest absolute Gasteiger partial charge is 0.493 e. The number of benzene rings is 1. The Kier molecular flexibility index (Phi) is 7.45. The topological polar surface area (TPSA) is 161 Å². The van der Waals surface area contributed by atoms with E-state index in [9.17, 15) is 30.2 Å². The Morgan fingerprint density at radius 1 is 1.12 bits per heavy atom. The van der Waals surface area contributed by atoms with E-state index in [1.807, 2.05) is 0 Å². The third kappa shape index (κ3) is 4.75. The molecule has 4 aliphatic carbocycles. The number of amides is 1. The molecule has 4 fully saturated rings. The molecule has 2 aromatic rings. The summed E-state index contributed by atoms with van der Waals surface area (Å²) in [6.45, 7) is 7.09. The first kappa shape index (κ1) is 29.2. The van der Waals surface area contributed by atoms with Crippen molar-refractivity contribution in [1.29, 1.82) is 0 Å². The summed E-state index contributed by atoms with van der Waals surface area (Å²) in [7, 11) is 0. The Bertz CT molecular complexity index is 1410. The molecule has 0 unspecified atom stereocenters. The van der Waals surface area contributed by atoms with Crippen molar-refractivity contribution in [3.63, 3.8) is 0 Å². The zero-order chi connectivity index (χ0) is 30.0. The average Bonchev–Trinajstić information content (AvgIpc) is 3.46. The summed E-state index contributed by atoms with van der Waals surface area (Å²) in [4.78, 5) is 26.1. The van der Waals surface area contributed by atoms with Gasteiger partial charge in [0.1, 0.15) is 0 Å². The minimum absolute atomic E-state index is 0.0208. The van der Waals surface area contributed by atoms with E-state index in [4.69, 9.17) is 0 Å². The second-order valence-electron chi connectivity index (χ2n) is 14.4. The van der Waals surface area contributed by atoms with Crippen LogP contribution in [0.1, 0.15) is 85.0 Å². The Hall–Kier alpha value is -2.85. The summed E-state index contributed by atoms with van der Waals surface area (Å²) < 4.78 is 0. The Balaban J connectivity index is 1.11. The highest BCUT2D eigenvalue weighted by atomic mass is 16.6.